The Morgan fingerprint density at radius 2 is 2.40 bits per heavy atom. The maximum atomic E-state index is 4.39. The molecule has 1 aromatic rings. The van der Waals surface area contributed by atoms with E-state index >= 15 is 0 Å². The lowest BCUT2D eigenvalue weighted by molar-refractivity contribution is 0.454. The zero-order valence-electron chi connectivity index (χ0n) is 9.74. The summed E-state index contributed by atoms with van der Waals surface area (Å²) in [5, 5.41) is 3.57. The van der Waals surface area contributed by atoms with Gasteiger partial charge in [-0.15, -0.1) is 0 Å². The Hall–Kier alpha value is -0.830. The Balaban J connectivity index is 1.89. The molecule has 1 atom stereocenters. The number of aryl methyl sites for hydroxylation is 1. The third-order valence-corrected chi connectivity index (χ3v) is 3.16. The molecule has 3 nitrogen and oxygen atoms in total. The topological polar surface area (TPSA) is 29.9 Å². The highest BCUT2D eigenvalue weighted by molar-refractivity contribution is 4.95. The third kappa shape index (κ3) is 3.06. The maximum Gasteiger partial charge on any atom is 0.109 e. The Bertz CT molecular complexity index is 302. The van der Waals surface area contributed by atoms with Gasteiger partial charge in [-0.25, -0.2) is 4.98 Å². The maximum absolute atomic E-state index is 4.39. The van der Waals surface area contributed by atoms with Crippen molar-refractivity contribution in [2.45, 2.75) is 38.6 Å². The first-order valence-electron chi connectivity index (χ1n) is 5.99. The fourth-order valence-corrected chi connectivity index (χ4v) is 2.10. The smallest absolute Gasteiger partial charge is 0.109 e. The van der Waals surface area contributed by atoms with E-state index in [0.717, 1.165) is 18.9 Å². The average Bonchev–Trinajstić information content (AvgIpc) is 2.92. The number of nitrogens with one attached hydrogen (secondary N) is 1. The van der Waals surface area contributed by atoms with Crippen LogP contribution in [-0.4, -0.2) is 22.1 Å². The largest absolute Gasteiger partial charge is 0.338 e. The predicted molar refractivity (Wildman–Crippen MR) is 61.7 cm³/mol. The summed E-state index contributed by atoms with van der Waals surface area (Å²) >= 11 is 0. The van der Waals surface area contributed by atoms with Gasteiger partial charge in [0.05, 0.1) is 0 Å². The van der Waals surface area contributed by atoms with Crippen molar-refractivity contribution < 1.29 is 0 Å². The Kier molecular flexibility index (Phi) is 3.41. The van der Waals surface area contributed by atoms with E-state index in [-0.39, 0.29) is 0 Å². The standard InChI is InChI=1S/C12H21N3/c1-3-13-11(8-10-4-5-10)9-12-14-6-7-15(12)2/h6-7,10-11,13H,3-5,8-9H2,1-2H3. The minimum atomic E-state index is 0.614. The number of hydrogen-bond donors (Lipinski definition) is 1. The molecule has 1 N–H and O–H groups in total. The molecule has 0 spiro atoms. The second-order valence-electron chi connectivity index (χ2n) is 4.59. The molecule has 1 unspecified atom stereocenters. The molecule has 2 rings (SSSR count). The molecule has 1 aliphatic rings. The van der Waals surface area contributed by atoms with Crippen LogP contribution < -0.4 is 5.32 Å². The van der Waals surface area contributed by atoms with Gasteiger partial charge in [0, 0.05) is 31.9 Å². The first kappa shape index (κ1) is 10.7. The van der Waals surface area contributed by atoms with Crippen LogP contribution in [0.1, 0.15) is 32.0 Å². The van der Waals surface area contributed by atoms with Crippen molar-refractivity contribution in [3.63, 3.8) is 0 Å². The van der Waals surface area contributed by atoms with Gasteiger partial charge >= 0.3 is 0 Å². The van der Waals surface area contributed by atoms with Crippen LogP contribution >= 0.6 is 0 Å². The van der Waals surface area contributed by atoms with Crippen LogP contribution in [0.15, 0.2) is 12.4 Å². The van der Waals surface area contributed by atoms with Crippen LogP contribution in [0.3, 0.4) is 0 Å². The number of imidazole rings is 1. The van der Waals surface area contributed by atoms with Crippen LogP contribution in [0, 0.1) is 5.92 Å². The molecule has 1 aromatic heterocycles. The van der Waals surface area contributed by atoms with Gasteiger partial charge in [0.25, 0.3) is 0 Å². The zero-order chi connectivity index (χ0) is 10.7. The minimum Gasteiger partial charge on any atom is -0.338 e. The molecule has 0 aliphatic heterocycles. The number of hydrogen-bond acceptors (Lipinski definition) is 2. The number of likely N-dealkylation sites (N-methyl/N-ethyl adjacent to an activating group) is 1. The quantitative estimate of drug-likeness (QED) is 0.770. The van der Waals surface area contributed by atoms with E-state index in [1.807, 2.05) is 12.4 Å². The summed E-state index contributed by atoms with van der Waals surface area (Å²) in [4.78, 5) is 4.39. The van der Waals surface area contributed by atoms with Gasteiger partial charge in [-0.3, -0.25) is 0 Å². The van der Waals surface area contributed by atoms with E-state index in [4.69, 9.17) is 0 Å². The summed E-state index contributed by atoms with van der Waals surface area (Å²) in [7, 11) is 2.07. The lowest BCUT2D eigenvalue weighted by atomic mass is 10.1. The third-order valence-electron chi connectivity index (χ3n) is 3.16. The van der Waals surface area contributed by atoms with Crippen LogP contribution in [0.25, 0.3) is 0 Å². The molecule has 0 bridgehead atoms. The van der Waals surface area contributed by atoms with Crippen molar-refractivity contribution >= 4 is 0 Å². The number of nitrogens with zero attached hydrogens (tertiary/aromatic N) is 2. The molecule has 1 fully saturated rings. The van der Waals surface area contributed by atoms with Gasteiger partial charge < -0.3 is 9.88 Å². The molecule has 0 saturated heterocycles. The van der Waals surface area contributed by atoms with Crippen LogP contribution in [0.4, 0.5) is 0 Å². The molecule has 1 saturated carbocycles. The first-order valence-corrected chi connectivity index (χ1v) is 5.99. The van der Waals surface area contributed by atoms with Crippen molar-refractivity contribution in [2.24, 2.45) is 13.0 Å². The highest BCUT2D eigenvalue weighted by Gasteiger charge is 2.25. The second kappa shape index (κ2) is 4.79. The SMILES string of the molecule is CCNC(Cc1nccn1C)CC1CC1. The van der Waals surface area contributed by atoms with Gasteiger partial charge in [-0.1, -0.05) is 19.8 Å². The summed E-state index contributed by atoms with van der Waals surface area (Å²) in [5.74, 6) is 2.18. The molecular weight excluding hydrogens is 186 g/mol. The predicted octanol–water partition coefficient (Wildman–Crippen LogP) is 1.74. The van der Waals surface area contributed by atoms with Gasteiger partial charge in [0.2, 0.25) is 0 Å². The molecule has 0 radical (unpaired) electrons. The number of rotatable bonds is 6. The summed E-state index contributed by atoms with van der Waals surface area (Å²) in [5.41, 5.74) is 0. The van der Waals surface area contributed by atoms with Gasteiger partial charge in [-0.2, -0.15) is 0 Å². The van der Waals surface area contributed by atoms with E-state index in [1.165, 1.54) is 25.1 Å². The number of aromatic nitrogens is 2. The van der Waals surface area contributed by atoms with Crippen LogP contribution in [0.5, 0.6) is 0 Å². The van der Waals surface area contributed by atoms with Crippen LogP contribution in [0.2, 0.25) is 0 Å². The summed E-state index contributed by atoms with van der Waals surface area (Å²) in [6.45, 7) is 3.24. The lowest BCUT2D eigenvalue weighted by Gasteiger charge is -2.17. The van der Waals surface area contributed by atoms with E-state index in [0.29, 0.717) is 6.04 Å². The molecule has 1 aliphatic carbocycles. The van der Waals surface area contributed by atoms with E-state index < -0.39 is 0 Å². The highest BCUT2D eigenvalue weighted by Crippen LogP contribution is 2.33. The monoisotopic (exact) mass is 207 g/mol. The van der Waals surface area contributed by atoms with Crippen molar-refractivity contribution in [2.75, 3.05) is 6.54 Å². The van der Waals surface area contributed by atoms with E-state index in [2.05, 4.69) is 28.8 Å². The molecule has 0 aromatic carbocycles. The Labute approximate surface area is 91.9 Å². The van der Waals surface area contributed by atoms with Crippen molar-refractivity contribution in [3.8, 4) is 0 Å². The minimum absolute atomic E-state index is 0.614. The van der Waals surface area contributed by atoms with Crippen LogP contribution in [-0.2, 0) is 13.5 Å². The van der Waals surface area contributed by atoms with Crippen molar-refractivity contribution in [1.82, 2.24) is 14.9 Å². The van der Waals surface area contributed by atoms with Gasteiger partial charge in [0.15, 0.2) is 0 Å². The molecule has 1 heterocycles. The Morgan fingerprint density at radius 3 is 2.93 bits per heavy atom. The molecule has 0 amide bonds. The van der Waals surface area contributed by atoms with Gasteiger partial charge in [-0.05, 0) is 18.9 Å². The second-order valence-corrected chi connectivity index (χ2v) is 4.59. The van der Waals surface area contributed by atoms with Gasteiger partial charge in [0.1, 0.15) is 5.82 Å². The van der Waals surface area contributed by atoms with E-state index in [1.54, 1.807) is 0 Å². The summed E-state index contributed by atoms with van der Waals surface area (Å²) < 4.78 is 2.12. The summed E-state index contributed by atoms with van der Waals surface area (Å²) in [6, 6.07) is 0.614. The zero-order valence-corrected chi connectivity index (χ0v) is 9.74. The molecular formula is C12H21N3. The highest BCUT2D eigenvalue weighted by atomic mass is 15.0. The van der Waals surface area contributed by atoms with Crippen molar-refractivity contribution in [3.05, 3.63) is 18.2 Å². The molecule has 3 heteroatoms. The average molecular weight is 207 g/mol. The van der Waals surface area contributed by atoms with Crippen molar-refractivity contribution in [1.29, 1.82) is 0 Å². The molecule has 15 heavy (non-hydrogen) atoms. The Morgan fingerprint density at radius 1 is 1.60 bits per heavy atom. The lowest BCUT2D eigenvalue weighted by Crippen LogP contribution is -2.32. The van der Waals surface area contributed by atoms with E-state index in [9.17, 15) is 0 Å². The fourth-order valence-electron chi connectivity index (χ4n) is 2.10. The molecule has 84 valence electrons. The summed E-state index contributed by atoms with van der Waals surface area (Å²) in [6.07, 6.45) is 9.16. The fraction of sp³-hybridized carbons (Fsp3) is 0.750. The normalized spacial score (nSPS) is 18.0. The first-order chi connectivity index (χ1) is 7.29.